The number of methoxy groups -OCH3 is 1. The van der Waals surface area contributed by atoms with Gasteiger partial charge in [0.15, 0.2) is 0 Å². The molecule has 4 heteroatoms. The van der Waals surface area contributed by atoms with Gasteiger partial charge in [-0.05, 0) is 29.8 Å². The van der Waals surface area contributed by atoms with Crippen molar-refractivity contribution in [3.05, 3.63) is 70.1 Å². The van der Waals surface area contributed by atoms with Crippen molar-refractivity contribution in [3.63, 3.8) is 0 Å². The summed E-state index contributed by atoms with van der Waals surface area (Å²) in [6.07, 6.45) is 0. The molecule has 0 bridgehead atoms. The molecule has 3 aromatic rings. The normalized spacial score (nSPS) is 12.3. The molecule has 1 heterocycles. The number of para-hydroxylation sites is 1. The molecule has 0 saturated carbocycles. The Bertz CT molecular complexity index is 862. The molecule has 4 nitrogen and oxygen atoms in total. The Morgan fingerprint density at radius 3 is 2.45 bits per heavy atom. The Kier molecular flexibility index (Phi) is 3.59. The molecule has 1 aromatic heterocycles. The average molecular weight is 296 g/mol. The fourth-order valence-corrected chi connectivity index (χ4v) is 2.59. The summed E-state index contributed by atoms with van der Waals surface area (Å²) in [5.41, 5.74) is 1.04. The van der Waals surface area contributed by atoms with Crippen LogP contribution in [0.3, 0.4) is 0 Å². The van der Waals surface area contributed by atoms with E-state index in [0.717, 1.165) is 11.3 Å². The fraction of sp³-hybridized carbons (Fsp3) is 0.167. The van der Waals surface area contributed by atoms with Crippen molar-refractivity contribution in [2.75, 3.05) is 7.11 Å². The number of ether oxygens (including phenoxy) is 1. The van der Waals surface area contributed by atoms with Gasteiger partial charge in [0.05, 0.1) is 18.1 Å². The van der Waals surface area contributed by atoms with E-state index in [9.17, 15) is 9.90 Å². The zero-order chi connectivity index (χ0) is 15.7. The molecular formula is C18H16O4. The fourth-order valence-electron chi connectivity index (χ4n) is 2.59. The summed E-state index contributed by atoms with van der Waals surface area (Å²) in [5.74, 6) is 0.438. The van der Waals surface area contributed by atoms with Gasteiger partial charge in [0, 0.05) is 5.92 Å². The molecule has 0 radical (unpaired) electrons. The van der Waals surface area contributed by atoms with Crippen LogP contribution in [-0.2, 0) is 0 Å². The second kappa shape index (κ2) is 5.56. The van der Waals surface area contributed by atoms with Crippen LogP contribution in [0.2, 0.25) is 0 Å². The van der Waals surface area contributed by atoms with Crippen LogP contribution in [0, 0.1) is 0 Å². The van der Waals surface area contributed by atoms with Gasteiger partial charge < -0.3 is 14.3 Å². The lowest BCUT2D eigenvalue weighted by Gasteiger charge is -2.14. The molecule has 3 rings (SSSR count). The van der Waals surface area contributed by atoms with E-state index in [0.29, 0.717) is 11.0 Å². The van der Waals surface area contributed by atoms with E-state index < -0.39 is 5.63 Å². The van der Waals surface area contributed by atoms with Crippen LogP contribution in [0.5, 0.6) is 11.5 Å². The van der Waals surface area contributed by atoms with E-state index in [1.165, 1.54) is 0 Å². The first-order valence-electron chi connectivity index (χ1n) is 7.00. The first-order valence-corrected chi connectivity index (χ1v) is 7.00. The van der Waals surface area contributed by atoms with Crippen molar-refractivity contribution in [2.45, 2.75) is 12.8 Å². The van der Waals surface area contributed by atoms with Crippen LogP contribution >= 0.6 is 0 Å². The van der Waals surface area contributed by atoms with Crippen molar-refractivity contribution in [1.82, 2.24) is 0 Å². The minimum absolute atomic E-state index is 0.0184. The topological polar surface area (TPSA) is 59.7 Å². The molecule has 22 heavy (non-hydrogen) atoms. The van der Waals surface area contributed by atoms with E-state index in [1.807, 2.05) is 31.2 Å². The highest BCUT2D eigenvalue weighted by Crippen LogP contribution is 2.34. The molecule has 0 saturated heterocycles. The Hall–Kier alpha value is -2.75. The van der Waals surface area contributed by atoms with Gasteiger partial charge in [0.1, 0.15) is 17.1 Å². The molecule has 0 aliphatic heterocycles. The zero-order valence-corrected chi connectivity index (χ0v) is 12.4. The minimum Gasteiger partial charge on any atom is -0.507 e. The molecule has 1 unspecified atom stereocenters. The lowest BCUT2D eigenvalue weighted by molar-refractivity contribution is 0.414. The maximum absolute atomic E-state index is 12.2. The van der Waals surface area contributed by atoms with E-state index in [4.69, 9.17) is 9.15 Å². The summed E-state index contributed by atoms with van der Waals surface area (Å²) >= 11 is 0. The summed E-state index contributed by atoms with van der Waals surface area (Å²) in [4.78, 5) is 12.2. The van der Waals surface area contributed by atoms with Gasteiger partial charge in [-0.3, -0.25) is 0 Å². The van der Waals surface area contributed by atoms with Crippen molar-refractivity contribution < 1.29 is 14.3 Å². The van der Waals surface area contributed by atoms with E-state index >= 15 is 0 Å². The maximum atomic E-state index is 12.2. The maximum Gasteiger partial charge on any atom is 0.343 e. The molecule has 2 aromatic carbocycles. The predicted octanol–water partition coefficient (Wildman–Crippen LogP) is 3.66. The van der Waals surface area contributed by atoms with Gasteiger partial charge in [-0.25, -0.2) is 4.79 Å². The summed E-state index contributed by atoms with van der Waals surface area (Å²) in [6, 6.07) is 14.4. The van der Waals surface area contributed by atoms with Crippen molar-refractivity contribution in [1.29, 1.82) is 0 Å². The third-order valence-electron chi connectivity index (χ3n) is 3.87. The molecule has 0 aliphatic carbocycles. The Morgan fingerprint density at radius 2 is 1.77 bits per heavy atom. The van der Waals surface area contributed by atoms with Crippen molar-refractivity contribution in [3.8, 4) is 11.5 Å². The molecule has 0 aliphatic rings. The van der Waals surface area contributed by atoms with Crippen molar-refractivity contribution >= 4 is 11.0 Å². The molecular weight excluding hydrogens is 280 g/mol. The Labute approximate surface area is 127 Å². The molecule has 1 N–H and O–H groups in total. The number of aromatic hydroxyl groups is 1. The second-order valence-electron chi connectivity index (χ2n) is 5.14. The highest BCUT2D eigenvalue weighted by Gasteiger charge is 2.20. The van der Waals surface area contributed by atoms with Gasteiger partial charge in [-0.1, -0.05) is 31.2 Å². The van der Waals surface area contributed by atoms with E-state index in [2.05, 4.69) is 0 Å². The van der Waals surface area contributed by atoms with Gasteiger partial charge in [0.25, 0.3) is 0 Å². The average Bonchev–Trinajstić information content (AvgIpc) is 2.55. The summed E-state index contributed by atoms with van der Waals surface area (Å²) in [7, 11) is 1.60. The molecule has 0 spiro atoms. The smallest absolute Gasteiger partial charge is 0.343 e. The highest BCUT2D eigenvalue weighted by atomic mass is 16.5. The molecule has 0 fully saturated rings. The number of fused-ring (bicyclic) bond motifs is 1. The highest BCUT2D eigenvalue weighted by molar-refractivity contribution is 5.84. The standard InChI is InChI=1S/C18H16O4/c1-11(12-7-9-13(21-2)10-8-12)16-17(19)14-5-3-4-6-15(14)22-18(16)20/h3-11,19H,1-2H3. The molecule has 0 amide bonds. The lowest BCUT2D eigenvalue weighted by atomic mass is 9.93. The first-order chi connectivity index (χ1) is 10.6. The van der Waals surface area contributed by atoms with Crippen LogP contribution in [0.1, 0.15) is 24.0 Å². The summed E-state index contributed by atoms with van der Waals surface area (Å²) < 4.78 is 10.5. The van der Waals surface area contributed by atoms with E-state index in [-0.39, 0.29) is 17.2 Å². The SMILES string of the molecule is COc1ccc(C(C)c2c(O)c3ccccc3oc2=O)cc1. The molecule has 112 valence electrons. The third kappa shape index (κ3) is 2.33. The minimum atomic E-state index is -0.514. The van der Waals surface area contributed by atoms with Crippen LogP contribution in [0.4, 0.5) is 0 Å². The Balaban J connectivity index is 2.14. The monoisotopic (exact) mass is 296 g/mol. The van der Waals surface area contributed by atoms with Gasteiger partial charge in [-0.15, -0.1) is 0 Å². The number of hydrogen-bond donors (Lipinski definition) is 1. The van der Waals surface area contributed by atoms with Gasteiger partial charge in [-0.2, -0.15) is 0 Å². The quantitative estimate of drug-likeness (QED) is 0.749. The van der Waals surface area contributed by atoms with Crippen molar-refractivity contribution in [2.24, 2.45) is 0 Å². The lowest BCUT2D eigenvalue weighted by Crippen LogP contribution is -2.12. The van der Waals surface area contributed by atoms with Crippen LogP contribution in [0.15, 0.2) is 57.7 Å². The molecule has 1 atom stereocenters. The number of hydrogen-bond acceptors (Lipinski definition) is 4. The second-order valence-corrected chi connectivity index (χ2v) is 5.14. The summed E-state index contributed by atoms with van der Waals surface area (Å²) in [6.45, 7) is 1.86. The van der Waals surface area contributed by atoms with Gasteiger partial charge in [0.2, 0.25) is 0 Å². The van der Waals surface area contributed by atoms with Gasteiger partial charge >= 0.3 is 5.63 Å². The first kappa shape index (κ1) is 14.2. The van der Waals surface area contributed by atoms with Crippen LogP contribution in [0.25, 0.3) is 11.0 Å². The predicted molar refractivity (Wildman–Crippen MR) is 84.7 cm³/mol. The Morgan fingerprint density at radius 1 is 1.09 bits per heavy atom. The number of benzene rings is 2. The van der Waals surface area contributed by atoms with E-state index in [1.54, 1.807) is 31.4 Å². The van der Waals surface area contributed by atoms with Crippen LogP contribution < -0.4 is 10.4 Å². The zero-order valence-electron chi connectivity index (χ0n) is 12.4. The number of rotatable bonds is 3. The van der Waals surface area contributed by atoms with Crippen LogP contribution in [-0.4, -0.2) is 12.2 Å². The third-order valence-corrected chi connectivity index (χ3v) is 3.87. The largest absolute Gasteiger partial charge is 0.507 e. The summed E-state index contributed by atoms with van der Waals surface area (Å²) in [5, 5.41) is 11.0.